The van der Waals surface area contributed by atoms with Gasteiger partial charge in [-0.1, -0.05) is 121 Å². The van der Waals surface area contributed by atoms with Gasteiger partial charge >= 0.3 is 0 Å². The second-order valence-electron chi connectivity index (χ2n) is 14.5. The Kier molecular flexibility index (Phi) is 7.00. The molecule has 0 aliphatic rings. The molecule has 262 valence electrons. The summed E-state index contributed by atoms with van der Waals surface area (Å²) in [4.78, 5) is 2.36. The molecule has 56 heavy (non-hydrogen) atoms. The molecule has 0 saturated carbocycles. The van der Waals surface area contributed by atoms with E-state index in [4.69, 9.17) is 0 Å². The zero-order valence-corrected chi connectivity index (χ0v) is 31.8. The molecule has 0 spiro atoms. The molecule has 0 saturated heterocycles. The van der Waals surface area contributed by atoms with E-state index in [1.165, 1.54) is 89.7 Å². The van der Waals surface area contributed by atoms with Crippen molar-refractivity contribution in [3.8, 4) is 16.8 Å². The van der Waals surface area contributed by atoms with E-state index in [-0.39, 0.29) is 0 Å². The van der Waals surface area contributed by atoms with E-state index in [0.717, 1.165) is 17.1 Å². The molecule has 0 aliphatic heterocycles. The smallest absolute Gasteiger partial charge is 0.0556 e. The van der Waals surface area contributed by atoms with Gasteiger partial charge in [-0.15, -0.1) is 22.7 Å². The van der Waals surface area contributed by atoms with Gasteiger partial charge in [-0.2, -0.15) is 0 Å². The van der Waals surface area contributed by atoms with Crippen molar-refractivity contribution < 1.29 is 0 Å². The lowest BCUT2D eigenvalue weighted by Crippen LogP contribution is -2.10. The van der Waals surface area contributed by atoms with Gasteiger partial charge in [0.15, 0.2) is 0 Å². The van der Waals surface area contributed by atoms with Gasteiger partial charge in [-0.25, -0.2) is 0 Å². The Hall–Kier alpha value is -6.72. The molecular formula is C52H32N2S2. The highest BCUT2D eigenvalue weighted by molar-refractivity contribution is 7.27. The highest BCUT2D eigenvalue weighted by Crippen LogP contribution is 2.48. The van der Waals surface area contributed by atoms with Crippen molar-refractivity contribution in [3.63, 3.8) is 0 Å². The number of rotatable bonds is 5. The fourth-order valence-corrected chi connectivity index (χ4v) is 11.2. The van der Waals surface area contributed by atoms with E-state index in [9.17, 15) is 0 Å². The topological polar surface area (TPSA) is 8.17 Å². The van der Waals surface area contributed by atoms with E-state index in [0.29, 0.717) is 0 Å². The van der Waals surface area contributed by atoms with E-state index in [1.807, 2.05) is 22.7 Å². The number of hydrogen-bond acceptors (Lipinski definition) is 3. The first-order valence-electron chi connectivity index (χ1n) is 19.0. The molecule has 0 amide bonds. The fraction of sp³-hybridized carbons (Fsp3) is 0. The number of anilines is 3. The number of aromatic nitrogens is 1. The van der Waals surface area contributed by atoms with Gasteiger partial charge in [0.25, 0.3) is 0 Å². The third-order valence-corrected chi connectivity index (χ3v) is 13.7. The summed E-state index contributed by atoms with van der Waals surface area (Å²) >= 11 is 3.81. The van der Waals surface area contributed by atoms with Crippen LogP contribution in [-0.4, -0.2) is 4.57 Å². The van der Waals surface area contributed by atoms with Crippen LogP contribution in [0.25, 0.3) is 89.7 Å². The fourth-order valence-electron chi connectivity index (χ4n) is 8.87. The highest BCUT2D eigenvalue weighted by Gasteiger charge is 2.22. The summed E-state index contributed by atoms with van der Waals surface area (Å²) in [5, 5.41) is 10.5. The summed E-state index contributed by atoms with van der Waals surface area (Å²) in [6.45, 7) is 0. The molecule has 3 aromatic heterocycles. The summed E-state index contributed by atoms with van der Waals surface area (Å²) in [5.41, 5.74) is 9.45. The van der Waals surface area contributed by atoms with E-state index in [1.54, 1.807) is 0 Å². The van der Waals surface area contributed by atoms with E-state index >= 15 is 0 Å². The predicted molar refractivity (Wildman–Crippen MR) is 244 cm³/mol. The molecule has 2 nitrogen and oxygen atoms in total. The third-order valence-electron chi connectivity index (χ3n) is 11.4. The molecule has 3 heterocycles. The van der Waals surface area contributed by atoms with Crippen LogP contribution in [0.4, 0.5) is 17.1 Å². The lowest BCUT2D eigenvalue weighted by atomic mass is 10.0. The predicted octanol–water partition coefficient (Wildman–Crippen LogP) is 15.8. The molecule has 12 rings (SSSR count). The Bertz CT molecular complexity index is 3460. The van der Waals surface area contributed by atoms with Gasteiger partial charge in [0.05, 0.1) is 16.7 Å². The van der Waals surface area contributed by atoms with Crippen molar-refractivity contribution in [3.05, 3.63) is 194 Å². The van der Waals surface area contributed by atoms with Crippen LogP contribution in [-0.2, 0) is 0 Å². The Morgan fingerprint density at radius 3 is 1.77 bits per heavy atom. The van der Waals surface area contributed by atoms with Crippen LogP contribution in [0, 0.1) is 0 Å². The standard InChI is InChI=1S/C52H32N2S2/c1-2-13-36(14-3-1)53(43-18-10-12-35-11-4-5-15-39(35)43)37-25-21-33(22-26-37)34-23-27-38(28-24-34)54-44-31-32-48-49(42-17-7-9-20-47(42)55-48)50(44)51-45(54)30-29-41-40-16-6-8-19-46(40)56-52(41)51/h1-32H. The lowest BCUT2D eigenvalue weighted by Gasteiger charge is -2.27. The van der Waals surface area contributed by atoms with Crippen molar-refractivity contribution >= 4 is 113 Å². The van der Waals surface area contributed by atoms with Gasteiger partial charge in [-0.05, 0) is 89.3 Å². The van der Waals surface area contributed by atoms with E-state index < -0.39 is 0 Å². The molecule has 0 fully saturated rings. The second kappa shape index (κ2) is 12.4. The first kappa shape index (κ1) is 31.6. The molecule has 0 aliphatic carbocycles. The molecular weight excluding hydrogens is 717 g/mol. The van der Waals surface area contributed by atoms with Gasteiger partial charge < -0.3 is 9.47 Å². The normalized spacial score (nSPS) is 11.9. The largest absolute Gasteiger partial charge is 0.310 e. The first-order chi connectivity index (χ1) is 27.8. The number of thiophene rings is 2. The summed E-state index contributed by atoms with van der Waals surface area (Å²) in [7, 11) is 0. The molecule has 0 N–H and O–H groups in total. The molecule has 0 atom stereocenters. The first-order valence-corrected chi connectivity index (χ1v) is 20.6. The average molecular weight is 749 g/mol. The van der Waals surface area contributed by atoms with Gasteiger partial charge in [0.1, 0.15) is 0 Å². The molecule has 9 aromatic carbocycles. The summed E-state index contributed by atoms with van der Waals surface area (Å²) < 4.78 is 7.84. The van der Waals surface area contributed by atoms with Crippen LogP contribution in [0.1, 0.15) is 0 Å². The monoisotopic (exact) mass is 748 g/mol. The zero-order valence-electron chi connectivity index (χ0n) is 30.2. The van der Waals surface area contributed by atoms with Crippen LogP contribution >= 0.6 is 22.7 Å². The maximum Gasteiger partial charge on any atom is 0.0556 e. The van der Waals surface area contributed by atoms with E-state index in [2.05, 4.69) is 204 Å². The highest BCUT2D eigenvalue weighted by atomic mass is 32.1. The third kappa shape index (κ3) is 4.73. The summed E-state index contributed by atoms with van der Waals surface area (Å²) in [6.07, 6.45) is 0. The van der Waals surface area contributed by atoms with Crippen molar-refractivity contribution in [2.75, 3.05) is 4.90 Å². The number of nitrogens with zero attached hydrogens (tertiary/aromatic N) is 2. The minimum Gasteiger partial charge on any atom is -0.310 e. The van der Waals surface area contributed by atoms with Gasteiger partial charge in [0.2, 0.25) is 0 Å². The Labute approximate surface area is 331 Å². The second-order valence-corrected chi connectivity index (χ2v) is 16.6. The van der Waals surface area contributed by atoms with Crippen molar-refractivity contribution in [1.29, 1.82) is 0 Å². The minimum atomic E-state index is 1.12. The lowest BCUT2D eigenvalue weighted by molar-refractivity contribution is 1.18. The molecule has 0 radical (unpaired) electrons. The van der Waals surface area contributed by atoms with Crippen molar-refractivity contribution in [2.45, 2.75) is 0 Å². The van der Waals surface area contributed by atoms with Crippen molar-refractivity contribution in [1.82, 2.24) is 4.57 Å². The maximum absolute atomic E-state index is 2.48. The maximum atomic E-state index is 2.48. The quantitative estimate of drug-likeness (QED) is 0.170. The molecule has 0 unspecified atom stereocenters. The van der Waals surface area contributed by atoms with Crippen LogP contribution in [0.3, 0.4) is 0 Å². The van der Waals surface area contributed by atoms with Crippen LogP contribution in [0.15, 0.2) is 194 Å². The van der Waals surface area contributed by atoms with Gasteiger partial charge in [0, 0.05) is 73.6 Å². The molecule has 4 heteroatoms. The average Bonchev–Trinajstić information content (AvgIpc) is 3.94. The number of para-hydroxylation sites is 1. The SMILES string of the molecule is c1ccc(N(c2ccc(-c3ccc(-n4c5ccc6c7ccccc7sc6c5c5c6c(ccc54)sc4ccccc46)cc3)cc2)c2cccc3ccccc23)cc1. The number of fused-ring (bicyclic) bond motifs is 12. The summed E-state index contributed by atoms with van der Waals surface area (Å²) in [5.74, 6) is 0. The zero-order chi connectivity index (χ0) is 36.7. The number of hydrogen-bond donors (Lipinski definition) is 0. The Balaban J connectivity index is 0.999. The Morgan fingerprint density at radius 2 is 0.964 bits per heavy atom. The van der Waals surface area contributed by atoms with Crippen LogP contribution < -0.4 is 4.90 Å². The number of benzene rings is 9. The summed E-state index contributed by atoms with van der Waals surface area (Å²) in [6, 6.07) is 71.0. The van der Waals surface area contributed by atoms with Crippen LogP contribution in [0.5, 0.6) is 0 Å². The minimum absolute atomic E-state index is 1.12. The Morgan fingerprint density at radius 1 is 0.357 bits per heavy atom. The van der Waals surface area contributed by atoms with Gasteiger partial charge in [-0.3, -0.25) is 0 Å². The molecule has 0 bridgehead atoms. The van der Waals surface area contributed by atoms with Crippen molar-refractivity contribution in [2.24, 2.45) is 0 Å². The van der Waals surface area contributed by atoms with Crippen LogP contribution in [0.2, 0.25) is 0 Å². The molecule has 12 aromatic rings.